The Labute approximate surface area is 148 Å². The van der Waals surface area contributed by atoms with Gasteiger partial charge in [0.05, 0.1) is 6.26 Å². The van der Waals surface area contributed by atoms with E-state index in [2.05, 4.69) is 15.6 Å². The lowest BCUT2D eigenvalue weighted by Gasteiger charge is -2.16. The van der Waals surface area contributed by atoms with E-state index >= 15 is 0 Å². The maximum atomic E-state index is 11.5. The third kappa shape index (κ3) is 6.25. The molecule has 1 amide bonds. The summed E-state index contributed by atoms with van der Waals surface area (Å²) in [6.45, 7) is 5.90. The molecule has 1 aliphatic heterocycles. The predicted molar refractivity (Wildman–Crippen MR) is 97.4 cm³/mol. The zero-order valence-corrected chi connectivity index (χ0v) is 15.3. The first-order valence-electron chi connectivity index (χ1n) is 7.62. The van der Waals surface area contributed by atoms with Crippen LogP contribution in [-0.2, 0) is 11.3 Å². The average molecular weight is 420 g/mol. The summed E-state index contributed by atoms with van der Waals surface area (Å²) in [5.74, 6) is 1.91. The van der Waals surface area contributed by atoms with Crippen LogP contribution in [0.2, 0.25) is 0 Å². The van der Waals surface area contributed by atoms with Gasteiger partial charge in [-0.2, -0.15) is 0 Å². The Morgan fingerprint density at radius 2 is 2.32 bits per heavy atom. The molecule has 0 aromatic carbocycles. The first-order valence-corrected chi connectivity index (χ1v) is 7.62. The van der Waals surface area contributed by atoms with Crippen LogP contribution < -0.4 is 10.6 Å². The zero-order valence-electron chi connectivity index (χ0n) is 13.0. The van der Waals surface area contributed by atoms with E-state index < -0.39 is 0 Å². The molecule has 2 N–H and O–H groups in total. The maximum Gasteiger partial charge on any atom is 0.222 e. The number of nitrogens with zero attached hydrogens (tertiary/aromatic N) is 2. The summed E-state index contributed by atoms with van der Waals surface area (Å²) < 4.78 is 5.26. The van der Waals surface area contributed by atoms with Gasteiger partial charge in [0, 0.05) is 32.6 Å². The molecule has 0 atom stereocenters. The number of carbonyl (C=O) groups is 1. The van der Waals surface area contributed by atoms with Gasteiger partial charge in [-0.1, -0.05) is 0 Å². The van der Waals surface area contributed by atoms with Crippen molar-refractivity contribution < 1.29 is 9.21 Å². The van der Waals surface area contributed by atoms with Crippen molar-refractivity contribution in [1.29, 1.82) is 0 Å². The Hall–Kier alpha value is -1.25. The maximum absolute atomic E-state index is 11.5. The van der Waals surface area contributed by atoms with Crippen molar-refractivity contribution in [2.24, 2.45) is 4.99 Å². The number of halogens is 1. The van der Waals surface area contributed by atoms with E-state index in [0.717, 1.165) is 50.7 Å². The molecular weight excluding hydrogens is 395 g/mol. The first kappa shape index (κ1) is 18.8. The van der Waals surface area contributed by atoms with Crippen LogP contribution in [0, 0.1) is 0 Å². The second-order valence-electron chi connectivity index (χ2n) is 5.04. The number of nitrogens with one attached hydrogen (secondary N) is 2. The lowest BCUT2D eigenvalue weighted by molar-refractivity contribution is -0.127. The highest BCUT2D eigenvalue weighted by atomic mass is 127. The van der Waals surface area contributed by atoms with E-state index in [-0.39, 0.29) is 29.9 Å². The van der Waals surface area contributed by atoms with Crippen molar-refractivity contribution in [3.05, 3.63) is 24.2 Å². The fraction of sp³-hybridized carbons (Fsp3) is 0.600. The van der Waals surface area contributed by atoms with Gasteiger partial charge in [0.1, 0.15) is 12.3 Å². The molecule has 6 nitrogen and oxygen atoms in total. The van der Waals surface area contributed by atoms with Crippen molar-refractivity contribution in [2.45, 2.75) is 32.7 Å². The number of carbonyl (C=O) groups excluding carboxylic acids is 1. The minimum Gasteiger partial charge on any atom is -0.467 e. The fourth-order valence-electron chi connectivity index (χ4n) is 2.32. The Balaban J connectivity index is 0.00000242. The van der Waals surface area contributed by atoms with Crippen LogP contribution >= 0.6 is 24.0 Å². The number of guanidine groups is 1. The molecule has 22 heavy (non-hydrogen) atoms. The van der Waals surface area contributed by atoms with Crippen molar-refractivity contribution in [3.8, 4) is 0 Å². The largest absolute Gasteiger partial charge is 0.467 e. The summed E-state index contributed by atoms with van der Waals surface area (Å²) in [7, 11) is 0. The van der Waals surface area contributed by atoms with Crippen molar-refractivity contribution >= 4 is 35.8 Å². The molecule has 1 aromatic heterocycles. The SMILES string of the molecule is CCNC(=NCc1ccco1)NCCCN1CCCC1=O.I. The second-order valence-corrected chi connectivity index (χ2v) is 5.04. The minimum atomic E-state index is 0. The van der Waals surface area contributed by atoms with Gasteiger partial charge in [-0.05, 0) is 31.9 Å². The van der Waals surface area contributed by atoms with Crippen LogP contribution in [0.15, 0.2) is 27.8 Å². The molecule has 2 rings (SSSR count). The van der Waals surface area contributed by atoms with Gasteiger partial charge in [-0.15, -0.1) is 24.0 Å². The second kappa shape index (κ2) is 10.5. The standard InChI is InChI=1S/C15H24N4O2.HI/c1-2-16-15(18-12-13-6-4-11-21-13)17-8-5-10-19-9-3-7-14(19)20;/h4,6,11H,2-3,5,7-10,12H2,1H3,(H2,16,17,18);1H. The summed E-state index contributed by atoms with van der Waals surface area (Å²) in [4.78, 5) is 17.9. The van der Waals surface area contributed by atoms with Crippen molar-refractivity contribution in [1.82, 2.24) is 15.5 Å². The fourth-order valence-corrected chi connectivity index (χ4v) is 2.32. The first-order chi connectivity index (χ1) is 10.3. The molecule has 1 fully saturated rings. The number of furan rings is 1. The molecule has 124 valence electrons. The van der Waals surface area contributed by atoms with E-state index in [4.69, 9.17) is 4.42 Å². The zero-order chi connectivity index (χ0) is 14.9. The molecule has 0 radical (unpaired) electrons. The number of likely N-dealkylation sites (tertiary alicyclic amines) is 1. The van der Waals surface area contributed by atoms with Crippen LogP contribution in [0.3, 0.4) is 0 Å². The lowest BCUT2D eigenvalue weighted by atomic mass is 10.4. The van der Waals surface area contributed by atoms with Gasteiger partial charge in [-0.25, -0.2) is 4.99 Å². The minimum absolute atomic E-state index is 0. The summed E-state index contributed by atoms with van der Waals surface area (Å²) >= 11 is 0. The normalized spacial score (nSPS) is 14.9. The van der Waals surface area contributed by atoms with E-state index in [0.29, 0.717) is 13.0 Å². The van der Waals surface area contributed by atoms with Gasteiger partial charge in [0.2, 0.25) is 5.91 Å². The Bertz CT molecular complexity index is 462. The average Bonchev–Trinajstić information content (AvgIpc) is 3.13. The van der Waals surface area contributed by atoms with Crippen molar-refractivity contribution in [3.63, 3.8) is 0 Å². The van der Waals surface area contributed by atoms with Crippen molar-refractivity contribution in [2.75, 3.05) is 26.2 Å². The highest BCUT2D eigenvalue weighted by molar-refractivity contribution is 14.0. The monoisotopic (exact) mass is 420 g/mol. The number of aliphatic imine (C=N–C) groups is 1. The Kier molecular flexibility index (Phi) is 8.95. The highest BCUT2D eigenvalue weighted by Gasteiger charge is 2.18. The van der Waals surface area contributed by atoms with Crippen LogP contribution in [0.4, 0.5) is 0 Å². The Morgan fingerprint density at radius 1 is 1.45 bits per heavy atom. The molecule has 7 heteroatoms. The number of hydrogen-bond donors (Lipinski definition) is 2. The van der Waals surface area contributed by atoms with Gasteiger partial charge in [0.25, 0.3) is 0 Å². The molecule has 0 spiro atoms. The highest BCUT2D eigenvalue weighted by Crippen LogP contribution is 2.09. The van der Waals surface area contributed by atoms with Gasteiger partial charge >= 0.3 is 0 Å². The topological polar surface area (TPSA) is 69.9 Å². The van der Waals surface area contributed by atoms with E-state index in [1.165, 1.54) is 0 Å². The van der Waals surface area contributed by atoms with Crippen LogP contribution in [-0.4, -0.2) is 42.9 Å². The molecule has 0 unspecified atom stereocenters. The lowest BCUT2D eigenvalue weighted by Crippen LogP contribution is -2.38. The quantitative estimate of drug-likeness (QED) is 0.306. The molecular formula is C15H25IN4O2. The van der Waals surface area contributed by atoms with Crippen LogP contribution in [0.25, 0.3) is 0 Å². The summed E-state index contributed by atoms with van der Waals surface area (Å²) in [5, 5.41) is 6.48. The summed E-state index contributed by atoms with van der Waals surface area (Å²) in [6, 6.07) is 3.77. The van der Waals surface area contributed by atoms with E-state index in [1.54, 1.807) is 6.26 Å². The Morgan fingerprint density at radius 3 is 2.95 bits per heavy atom. The summed E-state index contributed by atoms with van der Waals surface area (Å²) in [6.07, 6.45) is 4.29. The number of rotatable bonds is 7. The predicted octanol–water partition coefficient (Wildman–Crippen LogP) is 1.97. The number of hydrogen-bond acceptors (Lipinski definition) is 3. The molecule has 0 saturated carbocycles. The molecule has 0 aliphatic carbocycles. The van der Waals surface area contributed by atoms with Crippen LogP contribution in [0.1, 0.15) is 31.9 Å². The molecule has 1 aliphatic rings. The third-order valence-electron chi connectivity index (χ3n) is 3.39. The molecule has 2 heterocycles. The van der Waals surface area contributed by atoms with E-state index in [9.17, 15) is 4.79 Å². The van der Waals surface area contributed by atoms with Gasteiger partial charge < -0.3 is 20.0 Å². The number of amides is 1. The van der Waals surface area contributed by atoms with Gasteiger partial charge in [0.15, 0.2) is 5.96 Å². The summed E-state index contributed by atoms with van der Waals surface area (Å²) in [5.41, 5.74) is 0. The van der Waals surface area contributed by atoms with E-state index in [1.807, 2.05) is 24.0 Å². The smallest absolute Gasteiger partial charge is 0.222 e. The van der Waals surface area contributed by atoms with Crippen LogP contribution in [0.5, 0.6) is 0 Å². The molecule has 1 saturated heterocycles. The van der Waals surface area contributed by atoms with Gasteiger partial charge in [-0.3, -0.25) is 4.79 Å². The molecule has 1 aromatic rings. The molecule has 0 bridgehead atoms. The third-order valence-corrected chi connectivity index (χ3v) is 3.39.